The van der Waals surface area contributed by atoms with E-state index in [1.54, 1.807) is 0 Å². The monoisotopic (exact) mass is 287 g/mol. The summed E-state index contributed by atoms with van der Waals surface area (Å²) in [6.07, 6.45) is 0.543. The van der Waals surface area contributed by atoms with Gasteiger partial charge in [0.2, 0.25) is 10.0 Å². The van der Waals surface area contributed by atoms with Crippen LogP contribution in [0.1, 0.15) is 16.8 Å². The number of carboxylic acids is 1. The fraction of sp³-hybridized carbons (Fsp3) is 0.417. The number of ether oxygens (including phenoxy) is 1. The second-order valence-corrected chi connectivity index (χ2v) is 5.99. The van der Waals surface area contributed by atoms with Crippen LogP contribution in [0.15, 0.2) is 29.2 Å². The highest BCUT2D eigenvalue weighted by Gasteiger charge is 2.25. The van der Waals surface area contributed by atoms with Crippen LogP contribution in [0.25, 0.3) is 0 Å². The molecule has 106 valence electrons. The van der Waals surface area contributed by atoms with E-state index in [0.29, 0.717) is 13.0 Å². The summed E-state index contributed by atoms with van der Waals surface area (Å²) in [5.74, 6) is -1.26. The molecule has 0 aliphatic rings. The highest BCUT2D eigenvalue weighted by molar-refractivity contribution is 7.89. The third-order valence-electron chi connectivity index (χ3n) is 2.63. The average Bonchev–Trinajstić information content (AvgIpc) is 2.38. The van der Waals surface area contributed by atoms with Gasteiger partial charge < -0.3 is 9.84 Å². The fourth-order valence-electron chi connectivity index (χ4n) is 1.59. The van der Waals surface area contributed by atoms with E-state index in [1.807, 2.05) is 0 Å². The lowest BCUT2D eigenvalue weighted by Gasteiger charge is -2.18. The first kappa shape index (κ1) is 15.6. The van der Waals surface area contributed by atoms with E-state index >= 15 is 0 Å². The lowest BCUT2D eigenvalue weighted by atomic mass is 10.2. The van der Waals surface area contributed by atoms with Gasteiger partial charge in [-0.2, -0.15) is 0 Å². The minimum atomic E-state index is -3.80. The van der Waals surface area contributed by atoms with E-state index in [-0.39, 0.29) is 17.0 Å². The summed E-state index contributed by atoms with van der Waals surface area (Å²) < 4.78 is 30.5. The van der Waals surface area contributed by atoms with Crippen molar-refractivity contribution in [1.82, 2.24) is 4.31 Å². The predicted molar refractivity (Wildman–Crippen MR) is 69.7 cm³/mol. The van der Waals surface area contributed by atoms with Crippen molar-refractivity contribution in [3.8, 4) is 0 Å². The summed E-state index contributed by atoms with van der Waals surface area (Å²) in [4.78, 5) is 10.9. The van der Waals surface area contributed by atoms with Crippen molar-refractivity contribution in [3.05, 3.63) is 29.8 Å². The summed E-state index contributed by atoms with van der Waals surface area (Å²) in [6.45, 7) is 0.713. The van der Waals surface area contributed by atoms with Crippen molar-refractivity contribution in [3.63, 3.8) is 0 Å². The van der Waals surface area contributed by atoms with Crippen LogP contribution < -0.4 is 0 Å². The Balaban J connectivity index is 3.03. The zero-order valence-electron chi connectivity index (χ0n) is 10.9. The van der Waals surface area contributed by atoms with Crippen LogP contribution in [0, 0.1) is 0 Å². The molecule has 0 saturated carbocycles. The molecule has 0 aromatic heterocycles. The molecule has 0 spiro atoms. The second-order valence-electron chi connectivity index (χ2n) is 3.97. The molecule has 0 radical (unpaired) electrons. The molecule has 0 bridgehead atoms. The summed E-state index contributed by atoms with van der Waals surface area (Å²) in [5, 5.41) is 9.02. The molecule has 0 aliphatic carbocycles. The molecular weight excluding hydrogens is 270 g/mol. The number of hydrogen-bond donors (Lipinski definition) is 1. The Morgan fingerprint density at radius 1 is 1.37 bits per heavy atom. The van der Waals surface area contributed by atoms with Crippen molar-refractivity contribution >= 4 is 16.0 Å². The first-order valence-electron chi connectivity index (χ1n) is 5.69. The Bertz CT molecular complexity index is 541. The Hall–Kier alpha value is -1.44. The lowest BCUT2D eigenvalue weighted by molar-refractivity contribution is 0.0692. The van der Waals surface area contributed by atoms with Gasteiger partial charge in [-0.25, -0.2) is 17.5 Å². The maximum Gasteiger partial charge on any atom is 0.337 e. The lowest BCUT2D eigenvalue weighted by Crippen LogP contribution is -2.29. The zero-order valence-corrected chi connectivity index (χ0v) is 11.7. The van der Waals surface area contributed by atoms with Crippen molar-refractivity contribution in [1.29, 1.82) is 0 Å². The third kappa shape index (κ3) is 3.76. The van der Waals surface area contributed by atoms with E-state index < -0.39 is 16.0 Å². The number of methoxy groups -OCH3 is 1. The van der Waals surface area contributed by atoms with Crippen LogP contribution in [0.5, 0.6) is 0 Å². The molecule has 0 atom stereocenters. The summed E-state index contributed by atoms with van der Waals surface area (Å²) in [5.41, 5.74) is -0.221. The van der Waals surface area contributed by atoms with Crippen LogP contribution >= 0.6 is 0 Å². The highest BCUT2D eigenvalue weighted by atomic mass is 32.2. The third-order valence-corrected chi connectivity index (χ3v) is 4.54. The topological polar surface area (TPSA) is 83.9 Å². The van der Waals surface area contributed by atoms with E-state index in [4.69, 9.17) is 9.84 Å². The second kappa shape index (κ2) is 6.65. The van der Waals surface area contributed by atoms with Gasteiger partial charge in [-0.1, -0.05) is 12.1 Å². The van der Waals surface area contributed by atoms with Crippen molar-refractivity contribution in [2.24, 2.45) is 0 Å². The van der Waals surface area contributed by atoms with Gasteiger partial charge in [0.1, 0.15) is 0 Å². The van der Waals surface area contributed by atoms with Crippen LogP contribution in [0.3, 0.4) is 0 Å². The minimum absolute atomic E-state index is 0.192. The Morgan fingerprint density at radius 3 is 2.58 bits per heavy atom. The molecule has 1 N–H and O–H groups in total. The van der Waals surface area contributed by atoms with Gasteiger partial charge in [-0.05, 0) is 18.6 Å². The summed E-state index contributed by atoms with van der Waals surface area (Å²) >= 11 is 0. The molecule has 0 unspecified atom stereocenters. The molecule has 0 heterocycles. The summed E-state index contributed by atoms with van der Waals surface area (Å²) in [6, 6.07) is 5.57. The van der Waals surface area contributed by atoms with E-state index in [2.05, 4.69) is 0 Å². The summed E-state index contributed by atoms with van der Waals surface area (Å²) in [7, 11) is -0.842. The standard InChI is InChI=1S/C12H17NO5S/c1-13(8-5-9-18-2)19(16,17)11-7-4-3-6-10(11)12(14)15/h3-4,6-7H,5,8-9H2,1-2H3,(H,14,15). The zero-order chi connectivity index (χ0) is 14.5. The van der Waals surface area contributed by atoms with Gasteiger partial charge in [0.25, 0.3) is 0 Å². The van der Waals surface area contributed by atoms with E-state index in [0.717, 1.165) is 4.31 Å². The first-order valence-corrected chi connectivity index (χ1v) is 7.13. The molecule has 0 amide bonds. The van der Waals surface area contributed by atoms with Gasteiger partial charge in [0.05, 0.1) is 10.5 Å². The molecular formula is C12H17NO5S. The number of aromatic carboxylic acids is 1. The number of sulfonamides is 1. The first-order chi connectivity index (χ1) is 8.91. The highest BCUT2D eigenvalue weighted by Crippen LogP contribution is 2.19. The van der Waals surface area contributed by atoms with Gasteiger partial charge in [0.15, 0.2) is 0 Å². The quantitative estimate of drug-likeness (QED) is 0.758. The smallest absolute Gasteiger partial charge is 0.337 e. The van der Waals surface area contributed by atoms with Gasteiger partial charge in [0, 0.05) is 27.3 Å². The molecule has 1 aromatic rings. The normalized spacial score (nSPS) is 11.7. The molecule has 6 nitrogen and oxygen atoms in total. The van der Waals surface area contributed by atoms with E-state index in [9.17, 15) is 13.2 Å². The predicted octanol–water partition coefficient (Wildman–Crippen LogP) is 1.04. The molecule has 1 aromatic carbocycles. The number of nitrogens with zero attached hydrogens (tertiary/aromatic N) is 1. The van der Waals surface area contributed by atoms with Gasteiger partial charge >= 0.3 is 5.97 Å². The Morgan fingerprint density at radius 2 is 2.00 bits per heavy atom. The van der Waals surface area contributed by atoms with E-state index in [1.165, 1.54) is 38.4 Å². The fourth-order valence-corrected chi connectivity index (χ4v) is 2.98. The van der Waals surface area contributed by atoms with Crippen molar-refractivity contribution < 1.29 is 23.1 Å². The number of hydrogen-bond acceptors (Lipinski definition) is 4. The largest absolute Gasteiger partial charge is 0.478 e. The molecule has 19 heavy (non-hydrogen) atoms. The molecule has 0 fully saturated rings. The number of benzene rings is 1. The molecule has 1 rings (SSSR count). The van der Waals surface area contributed by atoms with Crippen LogP contribution in [-0.4, -0.2) is 51.1 Å². The van der Waals surface area contributed by atoms with Gasteiger partial charge in [-0.3, -0.25) is 0 Å². The van der Waals surface area contributed by atoms with Crippen molar-refractivity contribution in [2.45, 2.75) is 11.3 Å². The SMILES string of the molecule is COCCCN(C)S(=O)(=O)c1ccccc1C(=O)O. The number of carboxylic acid groups (broad SMARTS) is 1. The molecule has 7 heteroatoms. The maximum atomic E-state index is 12.3. The molecule has 0 saturated heterocycles. The molecule has 0 aliphatic heterocycles. The van der Waals surface area contributed by atoms with Gasteiger partial charge in [-0.15, -0.1) is 0 Å². The minimum Gasteiger partial charge on any atom is -0.478 e. The van der Waals surface area contributed by atoms with Crippen LogP contribution in [0.4, 0.5) is 0 Å². The Kier molecular flexibility index (Phi) is 5.46. The van der Waals surface area contributed by atoms with Crippen LogP contribution in [0.2, 0.25) is 0 Å². The van der Waals surface area contributed by atoms with Crippen molar-refractivity contribution in [2.75, 3.05) is 27.3 Å². The maximum absolute atomic E-state index is 12.3. The Labute approximate surface area is 112 Å². The van der Waals surface area contributed by atoms with Crippen LogP contribution in [-0.2, 0) is 14.8 Å². The average molecular weight is 287 g/mol. The number of carbonyl (C=O) groups is 1. The number of rotatable bonds is 7.